The van der Waals surface area contributed by atoms with E-state index in [0.717, 1.165) is 18.8 Å². The van der Waals surface area contributed by atoms with Crippen molar-refractivity contribution in [3.63, 3.8) is 0 Å². The second-order valence-corrected chi connectivity index (χ2v) is 6.54. The van der Waals surface area contributed by atoms with Gasteiger partial charge in [0.15, 0.2) is 5.15 Å². The molecule has 1 aliphatic rings. The largest absolute Gasteiger partial charge is 0.473 e. The first-order chi connectivity index (χ1) is 8.45. The van der Waals surface area contributed by atoms with Gasteiger partial charge in [-0.15, -0.1) is 10.2 Å². The predicted molar refractivity (Wildman–Crippen MR) is 72.9 cm³/mol. The standard InChI is InChI=1S/C14H21ClN2O/c1-14(2,3)10-4-6-11(7-5-10)18-13-9-8-12(15)16-17-13/h8-11H,4-7H2,1-3H3. The molecular formula is C14H21ClN2O. The molecule has 0 spiro atoms. The van der Waals surface area contributed by atoms with Crippen LogP contribution in [0.5, 0.6) is 5.88 Å². The van der Waals surface area contributed by atoms with Crippen molar-refractivity contribution in [2.24, 2.45) is 11.3 Å². The molecule has 1 fully saturated rings. The van der Waals surface area contributed by atoms with E-state index in [1.165, 1.54) is 12.8 Å². The summed E-state index contributed by atoms with van der Waals surface area (Å²) < 4.78 is 5.84. The summed E-state index contributed by atoms with van der Waals surface area (Å²) in [7, 11) is 0. The Balaban J connectivity index is 1.85. The van der Waals surface area contributed by atoms with Crippen molar-refractivity contribution in [2.45, 2.75) is 52.6 Å². The highest BCUT2D eigenvalue weighted by Crippen LogP contribution is 2.38. The smallest absolute Gasteiger partial charge is 0.233 e. The van der Waals surface area contributed by atoms with Crippen LogP contribution in [0.2, 0.25) is 5.15 Å². The van der Waals surface area contributed by atoms with Crippen LogP contribution >= 0.6 is 11.6 Å². The maximum Gasteiger partial charge on any atom is 0.233 e. The summed E-state index contributed by atoms with van der Waals surface area (Å²) in [5, 5.41) is 8.13. The molecule has 3 nitrogen and oxygen atoms in total. The number of rotatable bonds is 2. The van der Waals surface area contributed by atoms with Gasteiger partial charge in [0, 0.05) is 6.07 Å². The van der Waals surface area contributed by atoms with E-state index in [4.69, 9.17) is 16.3 Å². The minimum Gasteiger partial charge on any atom is -0.473 e. The van der Waals surface area contributed by atoms with E-state index in [9.17, 15) is 0 Å². The van der Waals surface area contributed by atoms with Crippen LogP contribution < -0.4 is 4.74 Å². The summed E-state index contributed by atoms with van der Waals surface area (Å²) in [6.07, 6.45) is 4.95. The van der Waals surface area contributed by atoms with Crippen molar-refractivity contribution in [1.82, 2.24) is 10.2 Å². The fraction of sp³-hybridized carbons (Fsp3) is 0.714. The summed E-state index contributed by atoms with van der Waals surface area (Å²) in [5.41, 5.74) is 0.408. The lowest BCUT2D eigenvalue weighted by Gasteiger charge is -2.36. The number of ether oxygens (including phenoxy) is 1. The lowest BCUT2D eigenvalue weighted by atomic mass is 9.72. The van der Waals surface area contributed by atoms with Crippen molar-refractivity contribution in [3.05, 3.63) is 17.3 Å². The third kappa shape index (κ3) is 3.58. The molecule has 0 radical (unpaired) electrons. The molecule has 1 aromatic rings. The Bertz CT molecular complexity index is 378. The van der Waals surface area contributed by atoms with E-state index in [0.29, 0.717) is 16.4 Å². The lowest BCUT2D eigenvalue weighted by molar-refractivity contribution is 0.0844. The van der Waals surface area contributed by atoms with Gasteiger partial charge in [-0.25, -0.2) is 0 Å². The van der Waals surface area contributed by atoms with Gasteiger partial charge < -0.3 is 4.74 Å². The second-order valence-electron chi connectivity index (χ2n) is 6.15. The summed E-state index contributed by atoms with van der Waals surface area (Å²) in [6.45, 7) is 6.97. The Labute approximate surface area is 114 Å². The lowest BCUT2D eigenvalue weighted by Crippen LogP contribution is -2.30. The van der Waals surface area contributed by atoms with Gasteiger partial charge in [0.05, 0.1) is 0 Å². The van der Waals surface area contributed by atoms with Crippen LogP contribution in [0.3, 0.4) is 0 Å². The number of halogens is 1. The van der Waals surface area contributed by atoms with Crippen molar-refractivity contribution >= 4 is 11.6 Å². The van der Waals surface area contributed by atoms with Gasteiger partial charge in [-0.3, -0.25) is 0 Å². The Kier molecular flexibility index (Phi) is 4.10. The molecule has 0 aliphatic heterocycles. The summed E-state index contributed by atoms with van der Waals surface area (Å²) in [6, 6.07) is 3.50. The third-order valence-electron chi connectivity index (χ3n) is 3.79. The minimum atomic E-state index is 0.277. The van der Waals surface area contributed by atoms with E-state index in [-0.39, 0.29) is 6.10 Å². The molecule has 100 valence electrons. The van der Waals surface area contributed by atoms with Gasteiger partial charge in [0.1, 0.15) is 6.10 Å². The van der Waals surface area contributed by atoms with Crippen molar-refractivity contribution in [3.8, 4) is 5.88 Å². The highest BCUT2D eigenvalue weighted by Gasteiger charge is 2.30. The number of hydrogen-bond acceptors (Lipinski definition) is 3. The maximum atomic E-state index is 5.84. The quantitative estimate of drug-likeness (QED) is 0.809. The molecule has 0 bridgehead atoms. The first-order valence-corrected chi connectivity index (χ1v) is 6.99. The Morgan fingerprint density at radius 3 is 2.28 bits per heavy atom. The van der Waals surface area contributed by atoms with Crippen LogP contribution in [0.1, 0.15) is 46.5 Å². The molecule has 18 heavy (non-hydrogen) atoms. The molecule has 1 saturated carbocycles. The molecule has 0 atom stereocenters. The Morgan fingerprint density at radius 1 is 1.11 bits per heavy atom. The molecule has 0 N–H and O–H groups in total. The van der Waals surface area contributed by atoms with Crippen LogP contribution in [0.15, 0.2) is 12.1 Å². The second kappa shape index (κ2) is 5.43. The molecule has 0 unspecified atom stereocenters. The molecule has 1 aromatic heterocycles. The summed E-state index contributed by atoms with van der Waals surface area (Å²) >= 11 is 5.69. The van der Waals surface area contributed by atoms with E-state index in [2.05, 4.69) is 31.0 Å². The van der Waals surface area contributed by atoms with Crippen LogP contribution in [0.25, 0.3) is 0 Å². The first-order valence-electron chi connectivity index (χ1n) is 6.61. The van der Waals surface area contributed by atoms with Gasteiger partial charge in [0.2, 0.25) is 5.88 Å². The molecular weight excluding hydrogens is 248 g/mol. The molecule has 1 heterocycles. The monoisotopic (exact) mass is 268 g/mol. The van der Waals surface area contributed by atoms with E-state index >= 15 is 0 Å². The highest BCUT2D eigenvalue weighted by atomic mass is 35.5. The van der Waals surface area contributed by atoms with Crippen LogP contribution in [0, 0.1) is 11.3 Å². The molecule has 0 amide bonds. The normalized spacial score (nSPS) is 24.9. The van der Waals surface area contributed by atoms with Crippen molar-refractivity contribution in [2.75, 3.05) is 0 Å². The zero-order valence-electron chi connectivity index (χ0n) is 11.3. The molecule has 4 heteroatoms. The fourth-order valence-corrected chi connectivity index (χ4v) is 2.68. The van der Waals surface area contributed by atoms with Crippen LogP contribution in [-0.4, -0.2) is 16.3 Å². The zero-order valence-corrected chi connectivity index (χ0v) is 12.1. The van der Waals surface area contributed by atoms with Gasteiger partial charge in [-0.1, -0.05) is 32.4 Å². The first kappa shape index (κ1) is 13.6. The summed E-state index contributed by atoms with van der Waals surface area (Å²) in [5.74, 6) is 1.38. The van der Waals surface area contributed by atoms with E-state index in [1.807, 2.05) is 0 Å². The molecule has 0 saturated heterocycles. The predicted octanol–water partition coefficient (Wildman–Crippen LogP) is 4.11. The highest BCUT2D eigenvalue weighted by molar-refractivity contribution is 6.29. The molecule has 2 rings (SSSR count). The molecule has 1 aliphatic carbocycles. The Morgan fingerprint density at radius 2 is 1.78 bits per heavy atom. The fourth-order valence-electron chi connectivity index (χ4n) is 2.58. The minimum absolute atomic E-state index is 0.277. The zero-order chi connectivity index (χ0) is 13.2. The van der Waals surface area contributed by atoms with Gasteiger partial charge >= 0.3 is 0 Å². The molecule has 0 aromatic carbocycles. The van der Waals surface area contributed by atoms with Crippen LogP contribution in [0.4, 0.5) is 0 Å². The average Bonchev–Trinajstić information content (AvgIpc) is 2.32. The average molecular weight is 269 g/mol. The topological polar surface area (TPSA) is 35.0 Å². The van der Waals surface area contributed by atoms with Crippen molar-refractivity contribution in [1.29, 1.82) is 0 Å². The van der Waals surface area contributed by atoms with E-state index < -0.39 is 0 Å². The van der Waals surface area contributed by atoms with Gasteiger partial charge in [-0.2, -0.15) is 0 Å². The van der Waals surface area contributed by atoms with Gasteiger partial charge in [-0.05, 0) is 43.1 Å². The van der Waals surface area contributed by atoms with Gasteiger partial charge in [0.25, 0.3) is 0 Å². The SMILES string of the molecule is CC(C)(C)C1CCC(Oc2ccc(Cl)nn2)CC1. The number of hydrogen-bond donors (Lipinski definition) is 0. The van der Waals surface area contributed by atoms with E-state index in [1.54, 1.807) is 12.1 Å². The van der Waals surface area contributed by atoms with Crippen LogP contribution in [-0.2, 0) is 0 Å². The number of aromatic nitrogens is 2. The summed E-state index contributed by atoms with van der Waals surface area (Å²) in [4.78, 5) is 0. The number of nitrogens with zero attached hydrogens (tertiary/aromatic N) is 2. The Hall–Kier alpha value is -0.830. The van der Waals surface area contributed by atoms with Crippen molar-refractivity contribution < 1.29 is 4.74 Å². The maximum absolute atomic E-state index is 5.84. The third-order valence-corrected chi connectivity index (χ3v) is 4.00.